The summed E-state index contributed by atoms with van der Waals surface area (Å²) in [6.07, 6.45) is 2.60. The molecule has 0 aliphatic rings. The molecule has 12 nitrogen and oxygen atoms in total. The Morgan fingerprint density at radius 3 is 2.22 bits per heavy atom. The topological polar surface area (TPSA) is 157 Å². The molecule has 1 N–H and O–H groups in total. The van der Waals surface area contributed by atoms with Crippen molar-refractivity contribution in [3.05, 3.63) is 71.4 Å². The van der Waals surface area contributed by atoms with Gasteiger partial charge in [-0.1, -0.05) is 6.07 Å². The molecule has 0 aliphatic carbocycles. The molecular formula is C25H24N6O6. The van der Waals surface area contributed by atoms with Crippen molar-refractivity contribution < 1.29 is 28.6 Å². The third-order valence-corrected chi connectivity index (χ3v) is 4.54. The lowest BCUT2D eigenvalue weighted by Gasteiger charge is -2.01. The molecule has 3 rings (SSSR count). The van der Waals surface area contributed by atoms with E-state index in [2.05, 4.69) is 35.2 Å². The smallest absolute Gasteiger partial charge is 0.338 e. The van der Waals surface area contributed by atoms with Gasteiger partial charge in [-0.15, -0.1) is 20.5 Å². The Kier molecular flexibility index (Phi) is 9.48. The van der Waals surface area contributed by atoms with E-state index in [0.29, 0.717) is 28.2 Å². The average molecular weight is 505 g/mol. The Morgan fingerprint density at radius 1 is 0.865 bits per heavy atom. The van der Waals surface area contributed by atoms with Gasteiger partial charge >= 0.3 is 17.9 Å². The van der Waals surface area contributed by atoms with E-state index < -0.39 is 17.9 Å². The van der Waals surface area contributed by atoms with E-state index in [1.165, 1.54) is 25.3 Å². The number of benzene rings is 2. The van der Waals surface area contributed by atoms with Crippen molar-refractivity contribution in [2.24, 2.45) is 20.5 Å². The molecule has 0 spiro atoms. The highest BCUT2D eigenvalue weighted by molar-refractivity contribution is 5.90. The van der Waals surface area contributed by atoms with Crippen molar-refractivity contribution in [3.63, 3.8) is 0 Å². The Hall–Kier alpha value is -5.00. The molecule has 190 valence electrons. The summed E-state index contributed by atoms with van der Waals surface area (Å²) in [4.78, 5) is 42.4. The highest BCUT2D eigenvalue weighted by Crippen LogP contribution is 2.26. The summed E-state index contributed by atoms with van der Waals surface area (Å²) >= 11 is 0. The number of aromatic amines is 1. The number of esters is 3. The molecular weight excluding hydrogens is 480 g/mol. The van der Waals surface area contributed by atoms with E-state index in [0.717, 1.165) is 0 Å². The normalized spacial score (nSPS) is 11.3. The lowest BCUT2D eigenvalue weighted by atomic mass is 10.2. The Balaban J connectivity index is 1.84. The Labute approximate surface area is 212 Å². The number of imidazole rings is 1. The maximum atomic E-state index is 12.0. The first-order valence-corrected chi connectivity index (χ1v) is 11.2. The zero-order valence-electron chi connectivity index (χ0n) is 20.4. The zero-order chi connectivity index (χ0) is 26.6. The maximum absolute atomic E-state index is 12.0. The minimum absolute atomic E-state index is 0.0909. The monoisotopic (exact) mass is 504 g/mol. The van der Waals surface area contributed by atoms with Gasteiger partial charge in [-0.25, -0.2) is 14.4 Å². The number of rotatable bonds is 10. The fourth-order valence-electron chi connectivity index (χ4n) is 2.82. The zero-order valence-corrected chi connectivity index (χ0v) is 20.4. The minimum atomic E-state index is -0.579. The highest BCUT2D eigenvalue weighted by Gasteiger charge is 2.10. The van der Waals surface area contributed by atoms with Gasteiger partial charge in [-0.2, -0.15) is 4.98 Å². The molecule has 0 atom stereocenters. The fraction of sp³-hybridized carbons (Fsp3) is 0.200. The van der Waals surface area contributed by atoms with Gasteiger partial charge in [0.15, 0.2) is 0 Å². The van der Waals surface area contributed by atoms with Crippen molar-refractivity contribution in [2.45, 2.75) is 13.8 Å². The molecule has 1 heterocycles. The predicted molar refractivity (Wildman–Crippen MR) is 133 cm³/mol. The molecule has 0 radical (unpaired) electrons. The number of H-pyrrole nitrogens is 1. The molecule has 0 amide bonds. The van der Waals surface area contributed by atoms with Gasteiger partial charge in [0.2, 0.25) is 11.8 Å². The number of carbonyl (C=O) groups is 3. The second-order valence-electron chi connectivity index (χ2n) is 7.09. The van der Waals surface area contributed by atoms with Crippen molar-refractivity contribution in [2.75, 3.05) is 20.3 Å². The first-order valence-electron chi connectivity index (χ1n) is 11.2. The number of nitrogens with zero attached hydrogens (tertiary/aromatic N) is 5. The molecule has 0 fully saturated rings. The van der Waals surface area contributed by atoms with Crippen LogP contribution in [-0.4, -0.2) is 48.2 Å². The summed E-state index contributed by atoms with van der Waals surface area (Å²) in [6, 6.07) is 12.8. The summed E-state index contributed by atoms with van der Waals surface area (Å²) in [5.74, 6) is -1.27. The van der Waals surface area contributed by atoms with Crippen LogP contribution < -0.4 is 0 Å². The van der Waals surface area contributed by atoms with Gasteiger partial charge in [0.1, 0.15) is 0 Å². The van der Waals surface area contributed by atoms with Crippen molar-refractivity contribution in [1.82, 2.24) is 9.97 Å². The van der Waals surface area contributed by atoms with Crippen LogP contribution >= 0.6 is 0 Å². The van der Waals surface area contributed by atoms with Crippen LogP contribution in [0, 0.1) is 0 Å². The van der Waals surface area contributed by atoms with Gasteiger partial charge in [-0.3, -0.25) is 0 Å². The van der Waals surface area contributed by atoms with Crippen molar-refractivity contribution in [3.8, 4) is 0 Å². The number of hydrogen-bond donors (Lipinski definition) is 1. The number of azo groups is 2. The summed E-state index contributed by atoms with van der Waals surface area (Å²) in [6.45, 7) is 3.98. The summed E-state index contributed by atoms with van der Waals surface area (Å²) < 4.78 is 14.6. The molecule has 0 bridgehead atoms. The molecule has 2 aromatic carbocycles. The van der Waals surface area contributed by atoms with Crippen LogP contribution in [-0.2, 0) is 19.0 Å². The molecule has 37 heavy (non-hydrogen) atoms. The van der Waals surface area contributed by atoms with Gasteiger partial charge in [0.25, 0.3) is 0 Å². The minimum Gasteiger partial charge on any atom is -0.466 e. The van der Waals surface area contributed by atoms with E-state index in [1.807, 2.05) is 0 Å². The molecule has 0 aliphatic heterocycles. The highest BCUT2D eigenvalue weighted by atomic mass is 16.5. The average Bonchev–Trinajstić information content (AvgIpc) is 3.32. The van der Waals surface area contributed by atoms with Crippen LogP contribution in [0.5, 0.6) is 0 Å². The molecule has 12 heteroatoms. The summed E-state index contributed by atoms with van der Waals surface area (Å²) in [5.41, 5.74) is 1.90. The third kappa shape index (κ3) is 7.75. The van der Waals surface area contributed by atoms with Crippen LogP contribution in [0.2, 0.25) is 0 Å². The first kappa shape index (κ1) is 26.6. The van der Waals surface area contributed by atoms with Crippen LogP contribution in [0.3, 0.4) is 0 Å². The third-order valence-electron chi connectivity index (χ3n) is 4.54. The first-order chi connectivity index (χ1) is 17.9. The molecule has 0 saturated carbocycles. The standard InChI is InChI=1S/C25H24N6O6/c1-4-36-23(33)16-9-11-18(12-10-16)28-31-25-26-20(13-14-21(32)35-3)22(27-25)30-29-19-8-6-7-17(15-19)24(34)37-5-2/h6-15H,4-5H2,1-3H3,(H,26,27)/b14-13+,30-29?,31-28?. The number of aromatic nitrogens is 2. The van der Waals surface area contributed by atoms with Gasteiger partial charge < -0.3 is 19.2 Å². The predicted octanol–water partition coefficient (Wildman–Crippen LogP) is 5.78. The number of nitrogens with one attached hydrogen (secondary N) is 1. The fourth-order valence-corrected chi connectivity index (χ4v) is 2.82. The van der Waals surface area contributed by atoms with E-state index >= 15 is 0 Å². The lowest BCUT2D eigenvalue weighted by Crippen LogP contribution is -2.03. The summed E-state index contributed by atoms with van der Waals surface area (Å²) in [5, 5.41) is 16.4. The van der Waals surface area contributed by atoms with E-state index in [1.54, 1.807) is 56.3 Å². The van der Waals surface area contributed by atoms with E-state index in [9.17, 15) is 14.4 Å². The SMILES string of the molecule is CCOC(=O)c1ccc(N=Nc2nc(N=Nc3cccc(C(=O)OCC)c3)c(/C=C/C(=O)OC)[nH]2)cc1. The van der Waals surface area contributed by atoms with E-state index in [-0.39, 0.29) is 25.0 Å². The maximum Gasteiger partial charge on any atom is 0.338 e. The number of ether oxygens (including phenoxy) is 3. The van der Waals surface area contributed by atoms with Gasteiger partial charge in [0, 0.05) is 6.08 Å². The molecule has 0 saturated heterocycles. The van der Waals surface area contributed by atoms with Gasteiger partial charge in [0.05, 0.1) is 48.5 Å². The van der Waals surface area contributed by atoms with Gasteiger partial charge in [-0.05, 0) is 62.4 Å². The lowest BCUT2D eigenvalue weighted by molar-refractivity contribution is -0.134. The van der Waals surface area contributed by atoms with Crippen LogP contribution in [0.15, 0.2) is 75.1 Å². The van der Waals surface area contributed by atoms with Crippen molar-refractivity contribution in [1.29, 1.82) is 0 Å². The molecule has 0 unspecified atom stereocenters. The van der Waals surface area contributed by atoms with Crippen LogP contribution in [0.1, 0.15) is 40.3 Å². The van der Waals surface area contributed by atoms with Crippen molar-refractivity contribution >= 4 is 47.1 Å². The molecule has 1 aromatic heterocycles. The number of hydrogen-bond acceptors (Lipinski definition) is 11. The number of methoxy groups -OCH3 is 1. The molecule has 3 aromatic rings. The second kappa shape index (κ2) is 13.2. The second-order valence-corrected chi connectivity index (χ2v) is 7.09. The van der Waals surface area contributed by atoms with Crippen LogP contribution in [0.4, 0.5) is 23.1 Å². The number of carbonyl (C=O) groups excluding carboxylic acids is 3. The summed E-state index contributed by atoms with van der Waals surface area (Å²) in [7, 11) is 1.25. The van der Waals surface area contributed by atoms with E-state index in [4.69, 9.17) is 9.47 Å². The Bertz CT molecular complexity index is 1340. The van der Waals surface area contributed by atoms with Crippen LogP contribution in [0.25, 0.3) is 6.08 Å². The Morgan fingerprint density at radius 2 is 1.54 bits per heavy atom. The largest absolute Gasteiger partial charge is 0.466 e. The quantitative estimate of drug-likeness (QED) is 0.159.